The van der Waals surface area contributed by atoms with Crippen LogP contribution in [0.4, 0.5) is 0 Å². The first-order valence-electron chi connectivity index (χ1n) is 8.95. The van der Waals surface area contributed by atoms with E-state index in [2.05, 4.69) is 5.32 Å². The van der Waals surface area contributed by atoms with E-state index in [9.17, 15) is 9.59 Å². The van der Waals surface area contributed by atoms with Crippen LogP contribution in [-0.2, 0) is 22.7 Å². The Morgan fingerprint density at radius 3 is 2.00 bits per heavy atom. The van der Waals surface area contributed by atoms with Gasteiger partial charge < -0.3 is 14.8 Å². The molecular weight excluding hydrogens is 354 g/mol. The van der Waals surface area contributed by atoms with Gasteiger partial charge in [0.25, 0.3) is 5.91 Å². The third-order valence-electron chi connectivity index (χ3n) is 4.01. The molecule has 0 unspecified atom stereocenters. The lowest BCUT2D eigenvalue weighted by Gasteiger charge is -2.09. The second kappa shape index (κ2) is 9.92. The molecule has 5 nitrogen and oxygen atoms in total. The maximum Gasteiger partial charge on any atom is 0.338 e. The highest BCUT2D eigenvalue weighted by Gasteiger charge is 2.08. The Labute approximate surface area is 163 Å². The van der Waals surface area contributed by atoms with Crippen LogP contribution in [0.2, 0.25) is 0 Å². The molecule has 0 aromatic heterocycles. The molecule has 5 heteroatoms. The van der Waals surface area contributed by atoms with Gasteiger partial charge in [-0.2, -0.15) is 0 Å². The molecule has 0 atom stereocenters. The number of ether oxygens (including phenoxy) is 2. The van der Waals surface area contributed by atoms with Crippen molar-refractivity contribution in [1.29, 1.82) is 0 Å². The fourth-order valence-electron chi connectivity index (χ4n) is 2.49. The van der Waals surface area contributed by atoms with E-state index < -0.39 is 5.97 Å². The first kappa shape index (κ1) is 19.2. The van der Waals surface area contributed by atoms with E-state index in [4.69, 9.17) is 9.47 Å². The number of carbonyl (C=O) groups excluding carboxylic acids is 2. The normalized spacial score (nSPS) is 10.1. The van der Waals surface area contributed by atoms with Crippen LogP contribution < -0.4 is 10.1 Å². The Kier molecular flexibility index (Phi) is 6.79. The van der Waals surface area contributed by atoms with Crippen molar-refractivity contribution in [1.82, 2.24) is 5.32 Å². The Balaban J connectivity index is 1.42. The molecule has 0 spiro atoms. The SMILES string of the molecule is O=C(COc1ccc(C(=O)OCc2ccccc2)cc1)NCc1ccccc1. The Morgan fingerprint density at radius 2 is 1.36 bits per heavy atom. The summed E-state index contributed by atoms with van der Waals surface area (Å²) in [4.78, 5) is 24.0. The molecule has 0 fully saturated rings. The third-order valence-corrected chi connectivity index (χ3v) is 4.01. The molecule has 142 valence electrons. The fourth-order valence-corrected chi connectivity index (χ4v) is 2.49. The van der Waals surface area contributed by atoms with Crippen LogP contribution in [0.5, 0.6) is 5.75 Å². The summed E-state index contributed by atoms with van der Waals surface area (Å²) in [7, 11) is 0. The summed E-state index contributed by atoms with van der Waals surface area (Å²) in [6.45, 7) is 0.583. The number of hydrogen-bond donors (Lipinski definition) is 1. The van der Waals surface area contributed by atoms with Gasteiger partial charge in [-0.05, 0) is 35.4 Å². The van der Waals surface area contributed by atoms with Gasteiger partial charge in [0.2, 0.25) is 0 Å². The van der Waals surface area contributed by atoms with Crippen LogP contribution in [0, 0.1) is 0 Å². The standard InChI is InChI=1S/C23H21NO4/c25-22(24-15-18-7-3-1-4-8-18)17-27-21-13-11-20(12-14-21)23(26)28-16-19-9-5-2-6-10-19/h1-14H,15-17H2,(H,24,25). The van der Waals surface area contributed by atoms with Crippen molar-refractivity contribution in [3.8, 4) is 5.75 Å². The van der Waals surface area contributed by atoms with Gasteiger partial charge in [0.05, 0.1) is 5.56 Å². The molecule has 0 aliphatic carbocycles. The lowest BCUT2D eigenvalue weighted by molar-refractivity contribution is -0.123. The number of carbonyl (C=O) groups is 2. The summed E-state index contributed by atoms with van der Waals surface area (Å²) in [6.07, 6.45) is 0. The number of esters is 1. The molecule has 0 aliphatic rings. The molecule has 3 aromatic rings. The summed E-state index contributed by atoms with van der Waals surface area (Å²) < 4.78 is 10.7. The van der Waals surface area contributed by atoms with Gasteiger partial charge >= 0.3 is 5.97 Å². The van der Waals surface area contributed by atoms with E-state index in [1.165, 1.54) is 0 Å². The zero-order chi connectivity index (χ0) is 19.6. The van der Waals surface area contributed by atoms with Crippen LogP contribution in [0.1, 0.15) is 21.5 Å². The first-order valence-corrected chi connectivity index (χ1v) is 8.95. The molecule has 28 heavy (non-hydrogen) atoms. The lowest BCUT2D eigenvalue weighted by Crippen LogP contribution is -2.28. The summed E-state index contributed by atoms with van der Waals surface area (Å²) in [6, 6.07) is 25.7. The molecule has 3 aromatic carbocycles. The highest BCUT2D eigenvalue weighted by molar-refractivity contribution is 5.89. The van der Waals surface area contributed by atoms with E-state index in [-0.39, 0.29) is 19.1 Å². The Hall–Kier alpha value is -3.60. The predicted molar refractivity (Wildman–Crippen MR) is 106 cm³/mol. The minimum atomic E-state index is -0.406. The average molecular weight is 375 g/mol. The zero-order valence-corrected chi connectivity index (χ0v) is 15.3. The van der Waals surface area contributed by atoms with Gasteiger partial charge in [-0.1, -0.05) is 60.7 Å². The number of benzene rings is 3. The van der Waals surface area contributed by atoms with Crippen molar-refractivity contribution in [3.05, 3.63) is 102 Å². The van der Waals surface area contributed by atoms with Gasteiger partial charge in [0, 0.05) is 6.54 Å². The molecule has 1 amide bonds. The van der Waals surface area contributed by atoms with Gasteiger partial charge in [-0.25, -0.2) is 4.79 Å². The van der Waals surface area contributed by atoms with Crippen molar-refractivity contribution in [3.63, 3.8) is 0 Å². The molecule has 3 rings (SSSR count). The van der Waals surface area contributed by atoms with E-state index in [0.717, 1.165) is 11.1 Å². The summed E-state index contributed by atoms with van der Waals surface area (Å²) in [5.74, 6) is -0.110. The minimum Gasteiger partial charge on any atom is -0.484 e. The van der Waals surface area contributed by atoms with Crippen LogP contribution in [0.15, 0.2) is 84.9 Å². The van der Waals surface area contributed by atoms with E-state index in [1.807, 2.05) is 60.7 Å². The van der Waals surface area contributed by atoms with E-state index in [0.29, 0.717) is 17.9 Å². The van der Waals surface area contributed by atoms with Crippen LogP contribution in [0.25, 0.3) is 0 Å². The summed E-state index contributed by atoms with van der Waals surface area (Å²) >= 11 is 0. The number of rotatable bonds is 8. The molecule has 0 saturated carbocycles. The topological polar surface area (TPSA) is 64.6 Å². The van der Waals surface area contributed by atoms with Crippen molar-refractivity contribution in [2.45, 2.75) is 13.2 Å². The first-order chi connectivity index (χ1) is 13.7. The monoisotopic (exact) mass is 375 g/mol. The average Bonchev–Trinajstić information content (AvgIpc) is 2.76. The van der Waals surface area contributed by atoms with E-state index in [1.54, 1.807) is 24.3 Å². The maximum absolute atomic E-state index is 12.1. The fraction of sp³-hybridized carbons (Fsp3) is 0.130. The number of hydrogen-bond acceptors (Lipinski definition) is 4. The molecule has 0 bridgehead atoms. The highest BCUT2D eigenvalue weighted by atomic mass is 16.5. The van der Waals surface area contributed by atoms with Gasteiger partial charge in [-0.15, -0.1) is 0 Å². The van der Waals surface area contributed by atoms with Crippen molar-refractivity contribution < 1.29 is 19.1 Å². The van der Waals surface area contributed by atoms with Crippen molar-refractivity contribution >= 4 is 11.9 Å². The molecule has 0 radical (unpaired) electrons. The molecule has 0 aliphatic heterocycles. The van der Waals surface area contributed by atoms with Crippen LogP contribution in [-0.4, -0.2) is 18.5 Å². The molecular formula is C23H21NO4. The molecule has 0 heterocycles. The van der Waals surface area contributed by atoms with Gasteiger partial charge in [0.15, 0.2) is 6.61 Å². The smallest absolute Gasteiger partial charge is 0.338 e. The molecule has 1 N–H and O–H groups in total. The second-order valence-electron chi connectivity index (χ2n) is 6.14. The van der Waals surface area contributed by atoms with Crippen molar-refractivity contribution in [2.24, 2.45) is 0 Å². The highest BCUT2D eigenvalue weighted by Crippen LogP contribution is 2.14. The minimum absolute atomic E-state index is 0.0926. The zero-order valence-electron chi connectivity index (χ0n) is 15.3. The Bertz CT molecular complexity index is 893. The third kappa shape index (κ3) is 5.99. The maximum atomic E-state index is 12.1. The number of amides is 1. The van der Waals surface area contributed by atoms with Gasteiger partial charge in [-0.3, -0.25) is 4.79 Å². The Morgan fingerprint density at radius 1 is 0.750 bits per heavy atom. The van der Waals surface area contributed by atoms with Crippen molar-refractivity contribution in [2.75, 3.05) is 6.61 Å². The largest absolute Gasteiger partial charge is 0.484 e. The van der Waals surface area contributed by atoms with E-state index >= 15 is 0 Å². The lowest BCUT2D eigenvalue weighted by atomic mass is 10.2. The second-order valence-corrected chi connectivity index (χ2v) is 6.14. The van der Waals surface area contributed by atoms with Crippen LogP contribution >= 0.6 is 0 Å². The summed E-state index contributed by atoms with van der Waals surface area (Å²) in [5, 5.41) is 2.79. The molecule has 0 saturated heterocycles. The predicted octanol–water partition coefficient (Wildman–Crippen LogP) is 3.74. The summed E-state index contributed by atoms with van der Waals surface area (Å²) in [5.41, 5.74) is 2.38. The quantitative estimate of drug-likeness (QED) is 0.609. The number of nitrogens with one attached hydrogen (secondary N) is 1. The van der Waals surface area contributed by atoms with Crippen LogP contribution in [0.3, 0.4) is 0 Å². The van der Waals surface area contributed by atoms with Gasteiger partial charge in [0.1, 0.15) is 12.4 Å².